The lowest BCUT2D eigenvalue weighted by Gasteiger charge is -2.24. The maximum atomic E-state index is 12.2. The van der Waals surface area contributed by atoms with Crippen LogP contribution in [0.15, 0.2) is 0 Å². The quantitative estimate of drug-likeness (QED) is 0.687. The number of nitrogens with one attached hydrogen (secondary N) is 2. The molecule has 0 radical (unpaired) electrons. The highest BCUT2D eigenvalue weighted by Gasteiger charge is 2.38. The molecule has 1 heterocycles. The zero-order chi connectivity index (χ0) is 14.5. The van der Waals surface area contributed by atoms with Gasteiger partial charge < -0.3 is 15.7 Å². The van der Waals surface area contributed by atoms with Crippen molar-refractivity contribution in [2.45, 2.75) is 56.7 Å². The minimum atomic E-state index is -0.942. The average Bonchev–Trinajstić information content (AvgIpc) is 2.86. The van der Waals surface area contributed by atoms with Gasteiger partial charge >= 0.3 is 5.97 Å². The average molecular weight is 300 g/mol. The third-order valence-corrected chi connectivity index (χ3v) is 5.05. The highest BCUT2D eigenvalue weighted by molar-refractivity contribution is 7.98. The van der Waals surface area contributed by atoms with Crippen LogP contribution in [0.2, 0.25) is 0 Å². The zero-order valence-electron chi connectivity index (χ0n) is 11.9. The van der Waals surface area contributed by atoms with E-state index < -0.39 is 12.0 Å². The Morgan fingerprint density at radius 1 is 1.40 bits per heavy atom. The molecule has 0 spiro atoms. The minimum absolute atomic E-state index is 0.145. The molecule has 0 aromatic carbocycles. The molecule has 0 aromatic rings. The molecule has 0 bridgehead atoms. The fraction of sp³-hybridized carbons (Fsp3) is 0.857. The van der Waals surface area contributed by atoms with Gasteiger partial charge in [0.15, 0.2) is 0 Å². The van der Waals surface area contributed by atoms with Crippen molar-refractivity contribution in [3.63, 3.8) is 0 Å². The normalized spacial score (nSPS) is 30.6. The molecule has 1 saturated heterocycles. The molecule has 4 unspecified atom stereocenters. The SMILES string of the molecule is CSCCC(NC(=O)C1CC2CCCCC2N1)C(=O)O. The fourth-order valence-corrected chi connectivity index (χ4v) is 3.76. The Hall–Kier alpha value is -0.750. The van der Waals surface area contributed by atoms with Crippen molar-refractivity contribution in [3.8, 4) is 0 Å². The van der Waals surface area contributed by atoms with Crippen LogP contribution in [0, 0.1) is 5.92 Å². The van der Waals surface area contributed by atoms with Crippen LogP contribution in [-0.4, -0.2) is 47.1 Å². The number of thioether (sulfide) groups is 1. The van der Waals surface area contributed by atoms with Crippen molar-refractivity contribution in [3.05, 3.63) is 0 Å². The summed E-state index contributed by atoms with van der Waals surface area (Å²) in [6, 6.07) is -0.521. The molecule has 1 aliphatic heterocycles. The lowest BCUT2D eigenvalue weighted by Crippen LogP contribution is -2.49. The standard InChI is InChI=1S/C14H24N2O3S/c1-20-7-6-11(14(18)19)16-13(17)12-8-9-4-2-3-5-10(9)15-12/h9-12,15H,2-8H2,1H3,(H,16,17)(H,18,19). The zero-order valence-corrected chi connectivity index (χ0v) is 12.7. The molecule has 2 aliphatic rings. The summed E-state index contributed by atoms with van der Waals surface area (Å²) in [7, 11) is 0. The predicted octanol–water partition coefficient (Wildman–Crippen LogP) is 1.23. The Morgan fingerprint density at radius 2 is 2.15 bits per heavy atom. The molecule has 1 amide bonds. The maximum absolute atomic E-state index is 12.2. The summed E-state index contributed by atoms with van der Waals surface area (Å²) >= 11 is 1.59. The summed E-state index contributed by atoms with van der Waals surface area (Å²) in [5.41, 5.74) is 0. The van der Waals surface area contributed by atoms with Crippen LogP contribution in [0.5, 0.6) is 0 Å². The van der Waals surface area contributed by atoms with Gasteiger partial charge in [0.05, 0.1) is 6.04 Å². The summed E-state index contributed by atoms with van der Waals surface area (Å²) in [5, 5.41) is 15.2. The van der Waals surface area contributed by atoms with E-state index >= 15 is 0 Å². The van der Waals surface area contributed by atoms with E-state index in [0.717, 1.165) is 18.6 Å². The van der Waals surface area contributed by atoms with Gasteiger partial charge in [-0.15, -0.1) is 0 Å². The van der Waals surface area contributed by atoms with Gasteiger partial charge in [-0.1, -0.05) is 12.8 Å². The molecular weight excluding hydrogens is 276 g/mol. The maximum Gasteiger partial charge on any atom is 0.326 e. The fourth-order valence-electron chi connectivity index (χ4n) is 3.29. The summed E-state index contributed by atoms with van der Waals surface area (Å²) in [4.78, 5) is 23.4. The van der Waals surface area contributed by atoms with E-state index in [1.165, 1.54) is 19.3 Å². The molecule has 4 atom stereocenters. The van der Waals surface area contributed by atoms with Crippen LogP contribution in [0.4, 0.5) is 0 Å². The van der Waals surface area contributed by atoms with Gasteiger partial charge in [-0.05, 0) is 43.6 Å². The van der Waals surface area contributed by atoms with Gasteiger partial charge in [-0.25, -0.2) is 4.79 Å². The van der Waals surface area contributed by atoms with Gasteiger partial charge in [0.25, 0.3) is 0 Å². The van der Waals surface area contributed by atoms with Gasteiger partial charge in [0.1, 0.15) is 6.04 Å². The van der Waals surface area contributed by atoms with E-state index in [0.29, 0.717) is 18.4 Å². The van der Waals surface area contributed by atoms with Crippen molar-refractivity contribution >= 4 is 23.6 Å². The number of amides is 1. The second kappa shape index (κ2) is 7.31. The van der Waals surface area contributed by atoms with Gasteiger partial charge in [-0.3, -0.25) is 4.79 Å². The summed E-state index contributed by atoms with van der Waals surface area (Å²) < 4.78 is 0. The second-order valence-corrected chi connectivity index (χ2v) is 6.77. The van der Waals surface area contributed by atoms with Crippen molar-refractivity contribution in [1.29, 1.82) is 0 Å². The van der Waals surface area contributed by atoms with Gasteiger partial charge in [-0.2, -0.15) is 11.8 Å². The molecule has 20 heavy (non-hydrogen) atoms. The molecule has 0 aromatic heterocycles. The Balaban J connectivity index is 1.85. The first-order valence-corrected chi connectivity index (χ1v) is 8.79. The third-order valence-electron chi connectivity index (χ3n) is 4.40. The first-order chi connectivity index (χ1) is 9.61. The number of carbonyl (C=O) groups excluding carboxylic acids is 1. The van der Waals surface area contributed by atoms with E-state index in [2.05, 4.69) is 10.6 Å². The lowest BCUT2D eigenvalue weighted by atomic mass is 9.85. The van der Waals surface area contributed by atoms with E-state index in [-0.39, 0.29) is 11.9 Å². The van der Waals surface area contributed by atoms with Crippen LogP contribution in [0.25, 0.3) is 0 Å². The van der Waals surface area contributed by atoms with E-state index in [4.69, 9.17) is 5.11 Å². The first kappa shape index (κ1) is 15.6. The molecule has 1 aliphatic carbocycles. The lowest BCUT2D eigenvalue weighted by molar-refractivity contribution is -0.142. The molecule has 5 nitrogen and oxygen atoms in total. The number of carboxylic acids is 1. The predicted molar refractivity (Wildman–Crippen MR) is 79.9 cm³/mol. The molecule has 2 fully saturated rings. The first-order valence-electron chi connectivity index (χ1n) is 7.40. The summed E-state index contributed by atoms with van der Waals surface area (Å²) in [5.74, 6) is 0.241. The van der Waals surface area contributed by atoms with Crippen molar-refractivity contribution < 1.29 is 14.7 Å². The number of hydrogen-bond acceptors (Lipinski definition) is 4. The Morgan fingerprint density at radius 3 is 2.80 bits per heavy atom. The summed E-state index contributed by atoms with van der Waals surface area (Å²) in [6.07, 6.45) is 8.08. The van der Waals surface area contributed by atoms with Crippen LogP contribution in [0.1, 0.15) is 38.5 Å². The van der Waals surface area contributed by atoms with E-state index in [9.17, 15) is 9.59 Å². The van der Waals surface area contributed by atoms with Crippen molar-refractivity contribution in [2.24, 2.45) is 5.92 Å². The highest BCUT2D eigenvalue weighted by Crippen LogP contribution is 2.33. The number of carboxylic acid groups (broad SMARTS) is 1. The molecule has 114 valence electrons. The molecule has 2 rings (SSSR count). The van der Waals surface area contributed by atoms with Crippen LogP contribution < -0.4 is 10.6 Å². The topological polar surface area (TPSA) is 78.4 Å². The number of aliphatic carboxylic acids is 1. The molecule has 1 saturated carbocycles. The largest absolute Gasteiger partial charge is 0.480 e. The Bertz CT molecular complexity index is 350. The highest BCUT2D eigenvalue weighted by atomic mass is 32.2. The van der Waals surface area contributed by atoms with Gasteiger partial charge in [0, 0.05) is 6.04 Å². The van der Waals surface area contributed by atoms with Crippen molar-refractivity contribution in [2.75, 3.05) is 12.0 Å². The summed E-state index contributed by atoms with van der Waals surface area (Å²) in [6.45, 7) is 0. The minimum Gasteiger partial charge on any atom is -0.480 e. The smallest absolute Gasteiger partial charge is 0.326 e. The van der Waals surface area contributed by atoms with Crippen LogP contribution in [-0.2, 0) is 9.59 Å². The van der Waals surface area contributed by atoms with E-state index in [1.54, 1.807) is 11.8 Å². The number of fused-ring (bicyclic) bond motifs is 1. The second-order valence-electron chi connectivity index (χ2n) is 5.79. The van der Waals surface area contributed by atoms with Crippen molar-refractivity contribution in [1.82, 2.24) is 10.6 Å². The van der Waals surface area contributed by atoms with Gasteiger partial charge in [0.2, 0.25) is 5.91 Å². The Labute approximate surface area is 124 Å². The monoisotopic (exact) mass is 300 g/mol. The number of carbonyl (C=O) groups is 2. The van der Waals surface area contributed by atoms with Crippen LogP contribution >= 0.6 is 11.8 Å². The van der Waals surface area contributed by atoms with Crippen LogP contribution in [0.3, 0.4) is 0 Å². The Kier molecular flexibility index (Phi) is 5.72. The molecule has 3 N–H and O–H groups in total. The molecular formula is C14H24N2O3S. The van der Waals surface area contributed by atoms with E-state index in [1.807, 2.05) is 6.26 Å². The number of rotatable bonds is 6. The number of hydrogen-bond donors (Lipinski definition) is 3. The third kappa shape index (κ3) is 3.88. The molecule has 6 heteroatoms.